The van der Waals surface area contributed by atoms with Gasteiger partial charge in [-0.05, 0) is 55.7 Å². The lowest BCUT2D eigenvalue weighted by atomic mass is 9.69. The molecule has 1 fully saturated rings. The Morgan fingerprint density at radius 1 is 1.33 bits per heavy atom. The second kappa shape index (κ2) is 4.67. The second-order valence-electron chi connectivity index (χ2n) is 4.80. The van der Waals surface area contributed by atoms with Gasteiger partial charge in [-0.2, -0.15) is 0 Å². The number of halogens is 1. The summed E-state index contributed by atoms with van der Waals surface area (Å²) in [4.78, 5) is 0. The van der Waals surface area contributed by atoms with E-state index in [1.54, 1.807) is 0 Å². The zero-order valence-electron chi connectivity index (χ0n) is 9.12. The molecule has 2 rings (SSSR count). The average Bonchev–Trinajstić information content (AvgIpc) is 2.12. The van der Waals surface area contributed by atoms with Crippen molar-refractivity contribution < 1.29 is 0 Å². The third kappa shape index (κ3) is 2.82. The first kappa shape index (κ1) is 11.2. The average molecular weight is 268 g/mol. The number of rotatable bonds is 3. The molecule has 15 heavy (non-hydrogen) atoms. The fourth-order valence-electron chi connectivity index (χ4n) is 2.46. The van der Waals surface area contributed by atoms with E-state index < -0.39 is 0 Å². The molecular weight excluding hydrogens is 250 g/mol. The first-order valence-electron chi connectivity index (χ1n) is 5.66. The third-order valence-corrected chi connectivity index (χ3v) is 3.81. The van der Waals surface area contributed by atoms with E-state index >= 15 is 0 Å². The predicted octanol–water partition coefficient (Wildman–Crippen LogP) is 3.68. The normalized spacial score (nSPS) is 27.1. The third-order valence-electron chi connectivity index (χ3n) is 3.28. The van der Waals surface area contributed by atoms with Crippen LogP contribution in [-0.4, -0.2) is 6.04 Å². The molecule has 0 saturated heterocycles. The van der Waals surface area contributed by atoms with E-state index in [0.717, 1.165) is 16.3 Å². The first-order valence-corrected chi connectivity index (χ1v) is 6.45. The molecule has 2 heteroatoms. The lowest BCUT2D eigenvalue weighted by Gasteiger charge is -2.36. The summed E-state index contributed by atoms with van der Waals surface area (Å²) in [6.45, 7) is 2.10. The summed E-state index contributed by atoms with van der Waals surface area (Å²) < 4.78 is 1.16. The van der Waals surface area contributed by atoms with Crippen LogP contribution in [0.1, 0.15) is 37.7 Å². The Morgan fingerprint density at radius 3 is 2.47 bits per heavy atom. The van der Waals surface area contributed by atoms with Gasteiger partial charge in [0.15, 0.2) is 0 Å². The highest BCUT2D eigenvalue weighted by Gasteiger charge is 2.30. The fourth-order valence-corrected chi connectivity index (χ4v) is 2.73. The van der Waals surface area contributed by atoms with Crippen LogP contribution >= 0.6 is 15.9 Å². The van der Waals surface area contributed by atoms with Gasteiger partial charge >= 0.3 is 0 Å². The van der Waals surface area contributed by atoms with E-state index in [1.165, 1.54) is 24.8 Å². The Bertz CT molecular complexity index is 312. The monoisotopic (exact) mass is 267 g/mol. The molecule has 1 nitrogen and oxygen atoms in total. The minimum atomic E-state index is 0.362. The van der Waals surface area contributed by atoms with Gasteiger partial charge < -0.3 is 5.73 Å². The molecule has 0 spiro atoms. The van der Waals surface area contributed by atoms with Crippen molar-refractivity contribution in [2.24, 2.45) is 11.7 Å². The van der Waals surface area contributed by atoms with E-state index in [9.17, 15) is 0 Å². The van der Waals surface area contributed by atoms with Crippen molar-refractivity contribution in [3.05, 3.63) is 34.3 Å². The minimum Gasteiger partial charge on any atom is -0.328 e. The van der Waals surface area contributed by atoms with Gasteiger partial charge in [-0.25, -0.2) is 0 Å². The molecule has 1 aliphatic carbocycles. The lowest BCUT2D eigenvalue weighted by molar-refractivity contribution is 0.237. The topological polar surface area (TPSA) is 26.0 Å². The van der Waals surface area contributed by atoms with Crippen LogP contribution in [-0.2, 0) is 0 Å². The molecule has 0 aliphatic heterocycles. The largest absolute Gasteiger partial charge is 0.328 e. The molecule has 0 amide bonds. The van der Waals surface area contributed by atoms with Crippen molar-refractivity contribution in [1.29, 1.82) is 0 Å². The van der Waals surface area contributed by atoms with E-state index in [1.807, 2.05) is 0 Å². The molecule has 0 radical (unpaired) electrons. The van der Waals surface area contributed by atoms with Crippen LogP contribution in [0.15, 0.2) is 28.7 Å². The molecule has 0 bridgehead atoms. The van der Waals surface area contributed by atoms with Crippen LogP contribution in [0, 0.1) is 5.92 Å². The van der Waals surface area contributed by atoms with Crippen molar-refractivity contribution in [3.8, 4) is 0 Å². The van der Waals surface area contributed by atoms with Crippen LogP contribution in [0.5, 0.6) is 0 Å². The Morgan fingerprint density at radius 2 is 1.93 bits per heavy atom. The summed E-state index contributed by atoms with van der Waals surface area (Å²) in [6, 6.07) is 9.09. The standard InChI is InChI=1S/C13H18BrN/c1-9(15)6-10-7-12(8-10)11-2-4-13(14)5-3-11/h2-5,9-10,12H,6-8,15H2,1H3. The van der Waals surface area contributed by atoms with Crippen LogP contribution in [0.4, 0.5) is 0 Å². The molecule has 0 aromatic heterocycles. The van der Waals surface area contributed by atoms with Crippen molar-refractivity contribution in [1.82, 2.24) is 0 Å². The van der Waals surface area contributed by atoms with Gasteiger partial charge in [0.2, 0.25) is 0 Å². The van der Waals surface area contributed by atoms with Crippen molar-refractivity contribution >= 4 is 15.9 Å². The molecule has 1 aromatic rings. The SMILES string of the molecule is CC(N)CC1CC(c2ccc(Br)cc2)C1. The fraction of sp³-hybridized carbons (Fsp3) is 0.538. The van der Waals surface area contributed by atoms with E-state index in [2.05, 4.69) is 47.1 Å². The summed E-state index contributed by atoms with van der Waals surface area (Å²) in [6.07, 6.45) is 3.83. The molecule has 1 aliphatic rings. The van der Waals surface area contributed by atoms with Gasteiger partial charge in [0.05, 0.1) is 0 Å². The zero-order valence-corrected chi connectivity index (χ0v) is 10.7. The number of benzene rings is 1. The minimum absolute atomic E-state index is 0.362. The number of nitrogens with two attached hydrogens (primary N) is 1. The molecule has 82 valence electrons. The quantitative estimate of drug-likeness (QED) is 0.889. The molecule has 1 saturated carbocycles. The Kier molecular flexibility index (Phi) is 3.47. The van der Waals surface area contributed by atoms with Gasteiger partial charge in [0.1, 0.15) is 0 Å². The summed E-state index contributed by atoms with van der Waals surface area (Å²) >= 11 is 3.46. The number of hydrogen-bond acceptors (Lipinski definition) is 1. The van der Waals surface area contributed by atoms with Crippen molar-refractivity contribution in [2.45, 2.75) is 38.1 Å². The second-order valence-corrected chi connectivity index (χ2v) is 5.71. The van der Waals surface area contributed by atoms with Crippen LogP contribution in [0.3, 0.4) is 0 Å². The van der Waals surface area contributed by atoms with Gasteiger partial charge in [-0.1, -0.05) is 28.1 Å². The lowest BCUT2D eigenvalue weighted by Crippen LogP contribution is -2.28. The highest BCUT2D eigenvalue weighted by atomic mass is 79.9. The molecule has 2 N–H and O–H groups in total. The Labute approximate surface area is 100 Å². The summed E-state index contributed by atoms with van der Waals surface area (Å²) in [5, 5.41) is 0. The van der Waals surface area contributed by atoms with Gasteiger partial charge in [-0.3, -0.25) is 0 Å². The maximum atomic E-state index is 5.80. The molecule has 1 unspecified atom stereocenters. The zero-order chi connectivity index (χ0) is 10.8. The highest BCUT2D eigenvalue weighted by molar-refractivity contribution is 9.10. The van der Waals surface area contributed by atoms with Crippen molar-refractivity contribution in [2.75, 3.05) is 0 Å². The molecule has 0 heterocycles. The first-order chi connectivity index (χ1) is 7.15. The van der Waals surface area contributed by atoms with E-state index in [-0.39, 0.29) is 0 Å². The van der Waals surface area contributed by atoms with E-state index in [4.69, 9.17) is 5.73 Å². The smallest absolute Gasteiger partial charge is 0.0175 e. The highest BCUT2D eigenvalue weighted by Crippen LogP contribution is 2.43. The summed E-state index contributed by atoms with van der Waals surface area (Å²) in [7, 11) is 0. The van der Waals surface area contributed by atoms with Crippen molar-refractivity contribution in [3.63, 3.8) is 0 Å². The number of hydrogen-bond donors (Lipinski definition) is 1. The molecule has 1 aromatic carbocycles. The maximum absolute atomic E-state index is 5.80. The van der Waals surface area contributed by atoms with Crippen LogP contribution in [0.25, 0.3) is 0 Å². The summed E-state index contributed by atoms with van der Waals surface area (Å²) in [5.41, 5.74) is 7.29. The van der Waals surface area contributed by atoms with Gasteiger partial charge in [-0.15, -0.1) is 0 Å². The Hall–Kier alpha value is -0.340. The summed E-state index contributed by atoms with van der Waals surface area (Å²) in [5.74, 6) is 1.64. The van der Waals surface area contributed by atoms with Gasteiger partial charge in [0, 0.05) is 10.5 Å². The molecule has 1 atom stereocenters. The van der Waals surface area contributed by atoms with Crippen LogP contribution in [0.2, 0.25) is 0 Å². The van der Waals surface area contributed by atoms with E-state index in [0.29, 0.717) is 6.04 Å². The maximum Gasteiger partial charge on any atom is 0.0175 e. The van der Waals surface area contributed by atoms with Gasteiger partial charge in [0.25, 0.3) is 0 Å². The van der Waals surface area contributed by atoms with Crippen LogP contribution < -0.4 is 5.73 Å². The Balaban J connectivity index is 1.86. The molecular formula is C13H18BrN. The predicted molar refractivity (Wildman–Crippen MR) is 67.9 cm³/mol.